The lowest BCUT2D eigenvalue weighted by molar-refractivity contribution is -0.349. The first kappa shape index (κ1) is 24.2. The predicted molar refractivity (Wildman–Crippen MR) is 104 cm³/mol. The molecule has 2 fully saturated rings. The number of ether oxygens (including phenoxy) is 2. The van der Waals surface area contributed by atoms with E-state index in [1.54, 1.807) is 13.8 Å². The summed E-state index contributed by atoms with van der Waals surface area (Å²) in [7, 11) is 0. The molecule has 1 heterocycles. The van der Waals surface area contributed by atoms with Gasteiger partial charge in [-0.2, -0.15) is 13.2 Å². The molecule has 0 amide bonds. The summed E-state index contributed by atoms with van der Waals surface area (Å²) >= 11 is 0. The minimum atomic E-state index is -4.79. The third-order valence-corrected chi connectivity index (χ3v) is 6.36. The second kappa shape index (κ2) is 8.96. The number of halogens is 3. The van der Waals surface area contributed by atoms with Crippen LogP contribution >= 0.6 is 0 Å². The molecule has 0 bridgehead atoms. The summed E-state index contributed by atoms with van der Waals surface area (Å²) in [5.74, 6) is -3.41. The predicted octanol–water partition coefficient (Wildman–Crippen LogP) is 5.68. The van der Waals surface area contributed by atoms with Crippen LogP contribution in [0, 0.1) is 10.8 Å². The highest BCUT2D eigenvalue weighted by Gasteiger charge is 2.62. The number of alkyl halides is 3. The Labute approximate surface area is 171 Å². The molecule has 0 aromatic rings. The molecular weight excluding hydrogens is 385 g/mol. The second-order valence-corrected chi connectivity index (χ2v) is 9.84. The van der Waals surface area contributed by atoms with E-state index in [9.17, 15) is 23.1 Å². The van der Waals surface area contributed by atoms with E-state index in [0.29, 0.717) is 12.0 Å². The first-order valence-corrected chi connectivity index (χ1v) is 10.6. The van der Waals surface area contributed by atoms with Crippen LogP contribution in [0.2, 0.25) is 0 Å². The summed E-state index contributed by atoms with van der Waals surface area (Å²) in [5, 5.41) is 9.92. The van der Waals surface area contributed by atoms with Crippen molar-refractivity contribution in [1.82, 2.24) is 0 Å². The Morgan fingerprint density at radius 1 is 1.14 bits per heavy atom. The Bertz CT molecular complexity index is 605. The van der Waals surface area contributed by atoms with Crippen molar-refractivity contribution in [2.75, 3.05) is 6.61 Å². The van der Waals surface area contributed by atoms with Crippen LogP contribution in [0.15, 0.2) is 12.2 Å². The maximum Gasteiger partial charge on any atom is 0.443 e. The molecule has 0 spiro atoms. The number of carbonyl (C=O) groups is 1. The molecule has 1 aliphatic heterocycles. The fraction of sp³-hybridized carbons (Fsp3) is 0.864. The number of carbonyl (C=O) groups excluding carboxylic acids is 1. The monoisotopic (exact) mass is 420 g/mol. The van der Waals surface area contributed by atoms with E-state index in [1.165, 1.54) is 0 Å². The van der Waals surface area contributed by atoms with Crippen LogP contribution in [0.3, 0.4) is 0 Å². The summed E-state index contributed by atoms with van der Waals surface area (Å²) in [6.45, 7) is 9.06. The lowest BCUT2D eigenvalue weighted by Gasteiger charge is -2.38. The zero-order valence-electron chi connectivity index (χ0n) is 17.9. The molecular formula is C22H35F3O4. The highest BCUT2D eigenvalue weighted by molar-refractivity contribution is 5.87. The van der Waals surface area contributed by atoms with Gasteiger partial charge in [0.2, 0.25) is 0 Å². The summed E-state index contributed by atoms with van der Waals surface area (Å²) in [6, 6.07) is 0. The quantitative estimate of drug-likeness (QED) is 0.469. The van der Waals surface area contributed by atoms with E-state index >= 15 is 0 Å². The smallest absolute Gasteiger partial charge is 0.443 e. The molecule has 29 heavy (non-hydrogen) atoms. The van der Waals surface area contributed by atoms with Gasteiger partial charge < -0.3 is 14.6 Å². The topological polar surface area (TPSA) is 55.8 Å². The van der Waals surface area contributed by atoms with Crippen LogP contribution in [-0.2, 0) is 14.3 Å². The van der Waals surface area contributed by atoms with Crippen molar-refractivity contribution in [2.24, 2.45) is 10.8 Å². The Balaban J connectivity index is 2.01. The SMILES string of the molecule is C=C(C)C(=O)OC1CCCCCC(C)(CC2(C)COC(O)(C(F)(F)F)C2)CCC1. The van der Waals surface area contributed by atoms with E-state index in [4.69, 9.17) is 9.47 Å². The summed E-state index contributed by atoms with van der Waals surface area (Å²) < 4.78 is 49.9. The molecule has 0 radical (unpaired) electrons. The van der Waals surface area contributed by atoms with Crippen molar-refractivity contribution in [3.05, 3.63) is 12.2 Å². The Hall–Kier alpha value is -1.08. The minimum absolute atomic E-state index is 0.0998. The van der Waals surface area contributed by atoms with Gasteiger partial charge in [0, 0.05) is 12.0 Å². The first-order chi connectivity index (χ1) is 13.3. The molecule has 4 unspecified atom stereocenters. The Morgan fingerprint density at radius 2 is 1.76 bits per heavy atom. The van der Waals surface area contributed by atoms with E-state index in [1.807, 2.05) is 0 Å². The van der Waals surface area contributed by atoms with Crippen molar-refractivity contribution in [3.8, 4) is 0 Å². The lowest BCUT2D eigenvalue weighted by Crippen LogP contribution is -2.45. The normalized spacial score (nSPS) is 37.1. The van der Waals surface area contributed by atoms with Gasteiger partial charge in [0.1, 0.15) is 6.10 Å². The fourth-order valence-electron chi connectivity index (χ4n) is 4.97. The summed E-state index contributed by atoms with van der Waals surface area (Å²) in [4.78, 5) is 11.9. The standard InChI is InChI=1S/C22H35F3O4/c1-16(2)18(26)29-17-9-6-5-7-11-19(3,12-8-10-17)13-20(4)14-21(27,28-15-20)22(23,24)25/h17,27H,1,5-15H2,2-4H3. The maximum absolute atomic E-state index is 13.2. The van der Waals surface area contributed by atoms with Crippen molar-refractivity contribution in [3.63, 3.8) is 0 Å². The van der Waals surface area contributed by atoms with Gasteiger partial charge in [-0.25, -0.2) is 4.79 Å². The van der Waals surface area contributed by atoms with Crippen molar-refractivity contribution in [2.45, 2.75) is 103 Å². The van der Waals surface area contributed by atoms with Crippen LogP contribution in [0.1, 0.15) is 85.0 Å². The van der Waals surface area contributed by atoms with E-state index < -0.39 is 23.8 Å². The molecule has 2 aliphatic rings. The van der Waals surface area contributed by atoms with Gasteiger partial charge in [0.15, 0.2) is 0 Å². The molecule has 1 saturated heterocycles. The molecule has 1 N–H and O–H groups in total. The number of rotatable bonds is 4. The molecule has 4 atom stereocenters. The van der Waals surface area contributed by atoms with Crippen molar-refractivity contribution in [1.29, 1.82) is 0 Å². The molecule has 168 valence electrons. The van der Waals surface area contributed by atoms with Gasteiger partial charge in [0.05, 0.1) is 6.61 Å². The maximum atomic E-state index is 13.2. The van der Waals surface area contributed by atoms with E-state index in [2.05, 4.69) is 13.5 Å². The highest BCUT2D eigenvalue weighted by Crippen LogP contribution is 2.53. The summed E-state index contributed by atoms with van der Waals surface area (Å²) in [6.07, 6.45) is 2.33. The van der Waals surface area contributed by atoms with Gasteiger partial charge >= 0.3 is 12.1 Å². The zero-order chi connectivity index (χ0) is 21.9. The van der Waals surface area contributed by atoms with Gasteiger partial charge in [-0.15, -0.1) is 0 Å². The molecule has 2 rings (SSSR count). The molecule has 1 saturated carbocycles. The van der Waals surface area contributed by atoms with E-state index in [0.717, 1.165) is 51.4 Å². The average molecular weight is 421 g/mol. The van der Waals surface area contributed by atoms with Gasteiger partial charge in [-0.3, -0.25) is 0 Å². The number of aliphatic hydroxyl groups is 1. The van der Waals surface area contributed by atoms with Crippen LogP contribution in [0.5, 0.6) is 0 Å². The molecule has 4 nitrogen and oxygen atoms in total. The van der Waals surface area contributed by atoms with Crippen LogP contribution in [0.4, 0.5) is 13.2 Å². The Kier molecular flexibility index (Phi) is 7.48. The van der Waals surface area contributed by atoms with Gasteiger partial charge in [0.25, 0.3) is 5.79 Å². The van der Waals surface area contributed by atoms with Crippen LogP contribution < -0.4 is 0 Å². The van der Waals surface area contributed by atoms with Crippen molar-refractivity contribution >= 4 is 5.97 Å². The fourth-order valence-corrected chi connectivity index (χ4v) is 4.97. The van der Waals surface area contributed by atoms with Crippen LogP contribution in [-0.4, -0.2) is 35.8 Å². The number of hydrogen-bond acceptors (Lipinski definition) is 4. The molecule has 0 aromatic carbocycles. The second-order valence-electron chi connectivity index (χ2n) is 9.84. The highest BCUT2D eigenvalue weighted by atomic mass is 19.4. The Morgan fingerprint density at radius 3 is 2.34 bits per heavy atom. The van der Waals surface area contributed by atoms with Gasteiger partial charge in [-0.05, 0) is 62.7 Å². The van der Waals surface area contributed by atoms with Crippen molar-refractivity contribution < 1.29 is 32.5 Å². The largest absolute Gasteiger partial charge is 0.459 e. The van der Waals surface area contributed by atoms with Gasteiger partial charge in [-0.1, -0.05) is 33.3 Å². The minimum Gasteiger partial charge on any atom is -0.459 e. The van der Waals surface area contributed by atoms with Crippen LogP contribution in [0.25, 0.3) is 0 Å². The molecule has 7 heteroatoms. The molecule has 1 aliphatic carbocycles. The molecule has 0 aromatic heterocycles. The lowest BCUT2D eigenvalue weighted by atomic mass is 9.67. The summed E-state index contributed by atoms with van der Waals surface area (Å²) in [5.41, 5.74) is -0.484. The number of hydrogen-bond donors (Lipinski definition) is 1. The first-order valence-electron chi connectivity index (χ1n) is 10.6. The van der Waals surface area contributed by atoms with E-state index in [-0.39, 0.29) is 24.1 Å². The average Bonchev–Trinajstić information content (AvgIpc) is 2.89. The third-order valence-electron chi connectivity index (χ3n) is 6.36. The zero-order valence-corrected chi connectivity index (χ0v) is 17.9. The number of esters is 1. The third kappa shape index (κ3) is 6.45.